The van der Waals surface area contributed by atoms with Crippen LogP contribution in [0, 0.1) is 0 Å². The van der Waals surface area contributed by atoms with Crippen LogP contribution in [0.4, 0.5) is 0 Å². The van der Waals surface area contributed by atoms with E-state index in [1.165, 1.54) is 0 Å². The molecule has 0 fully saturated rings. The van der Waals surface area contributed by atoms with E-state index in [4.69, 9.17) is 10.5 Å². The van der Waals surface area contributed by atoms with E-state index < -0.39 is 0 Å². The molecule has 74 valence electrons. The molecule has 0 saturated heterocycles. The van der Waals surface area contributed by atoms with E-state index in [9.17, 15) is 0 Å². The zero-order chi connectivity index (χ0) is 9.52. The van der Waals surface area contributed by atoms with Crippen LogP contribution in [0.2, 0.25) is 0 Å². The molecule has 1 heterocycles. The van der Waals surface area contributed by atoms with Crippen LogP contribution >= 0.6 is 0 Å². The second kappa shape index (κ2) is 5.66. The predicted molar refractivity (Wildman–Crippen MR) is 49.0 cm³/mol. The molecule has 1 rings (SSSR count). The Balaban J connectivity index is 2.27. The Kier molecular flexibility index (Phi) is 4.42. The van der Waals surface area contributed by atoms with Crippen LogP contribution in [0.15, 0.2) is 6.33 Å². The average molecular weight is 184 g/mol. The smallest absolute Gasteiger partial charge is 0.140 e. The highest BCUT2D eigenvalue weighted by molar-refractivity contribution is 4.81. The van der Waals surface area contributed by atoms with Gasteiger partial charge in [0.25, 0.3) is 0 Å². The van der Waals surface area contributed by atoms with Gasteiger partial charge < -0.3 is 10.5 Å². The van der Waals surface area contributed by atoms with Gasteiger partial charge in [-0.2, -0.15) is 5.10 Å². The Morgan fingerprint density at radius 3 is 3.08 bits per heavy atom. The molecule has 0 bridgehead atoms. The van der Waals surface area contributed by atoms with Gasteiger partial charge in [0, 0.05) is 20.3 Å². The van der Waals surface area contributed by atoms with Crippen LogP contribution in [-0.4, -0.2) is 28.5 Å². The summed E-state index contributed by atoms with van der Waals surface area (Å²) in [6.07, 6.45) is 3.63. The molecule has 0 saturated carbocycles. The van der Waals surface area contributed by atoms with E-state index in [0.717, 1.165) is 31.8 Å². The summed E-state index contributed by atoms with van der Waals surface area (Å²) in [5.74, 6) is 0.845. The first-order valence-electron chi connectivity index (χ1n) is 4.44. The summed E-state index contributed by atoms with van der Waals surface area (Å²) in [5, 5.41) is 4.07. The van der Waals surface area contributed by atoms with E-state index in [1.807, 2.05) is 4.68 Å². The van der Waals surface area contributed by atoms with Crippen molar-refractivity contribution in [3.63, 3.8) is 0 Å². The molecule has 0 spiro atoms. The molecule has 0 aliphatic carbocycles. The van der Waals surface area contributed by atoms with Gasteiger partial charge in [-0.25, -0.2) is 9.67 Å². The third kappa shape index (κ3) is 3.12. The van der Waals surface area contributed by atoms with Crippen molar-refractivity contribution in [3.8, 4) is 0 Å². The number of unbranched alkanes of at least 4 members (excludes halogenated alkanes) is 1. The fourth-order valence-corrected chi connectivity index (χ4v) is 1.14. The van der Waals surface area contributed by atoms with Crippen molar-refractivity contribution in [1.82, 2.24) is 14.8 Å². The van der Waals surface area contributed by atoms with Crippen LogP contribution in [-0.2, 0) is 17.8 Å². The van der Waals surface area contributed by atoms with Crippen molar-refractivity contribution >= 4 is 0 Å². The Labute approximate surface area is 77.9 Å². The summed E-state index contributed by atoms with van der Waals surface area (Å²) in [4.78, 5) is 4.03. The standard InChI is InChI=1S/C8H16N4O/c1-13-5-3-2-4-12-8(6-9)10-7-11-12/h7H,2-6,9H2,1H3. The molecule has 0 aliphatic rings. The number of aromatic nitrogens is 3. The first-order chi connectivity index (χ1) is 6.38. The Hall–Kier alpha value is -0.940. The van der Waals surface area contributed by atoms with Gasteiger partial charge in [-0.1, -0.05) is 0 Å². The highest BCUT2D eigenvalue weighted by atomic mass is 16.5. The normalized spacial score (nSPS) is 10.6. The number of hydrogen-bond donors (Lipinski definition) is 1. The fraction of sp³-hybridized carbons (Fsp3) is 0.750. The third-order valence-corrected chi connectivity index (χ3v) is 1.85. The van der Waals surface area contributed by atoms with E-state index >= 15 is 0 Å². The van der Waals surface area contributed by atoms with Crippen LogP contribution in [0.5, 0.6) is 0 Å². The number of hydrogen-bond acceptors (Lipinski definition) is 4. The lowest BCUT2D eigenvalue weighted by atomic mass is 10.3. The minimum Gasteiger partial charge on any atom is -0.385 e. The summed E-state index contributed by atoms with van der Waals surface area (Å²) >= 11 is 0. The molecule has 0 radical (unpaired) electrons. The van der Waals surface area contributed by atoms with E-state index in [-0.39, 0.29) is 0 Å². The van der Waals surface area contributed by atoms with Crippen molar-refractivity contribution in [2.24, 2.45) is 5.73 Å². The fourth-order valence-electron chi connectivity index (χ4n) is 1.14. The summed E-state index contributed by atoms with van der Waals surface area (Å²) in [7, 11) is 1.71. The van der Waals surface area contributed by atoms with Crippen molar-refractivity contribution < 1.29 is 4.74 Å². The lowest BCUT2D eigenvalue weighted by Crippen LogP contribution is -2.10. The summed E-state index contributed by atoms with van der Waals surface area (Å²) in [6.45, 7) is 2.12. The van der Waals surface area contributed by atoms with E-state index in [1.54, 1.807) is 13.4 Å². The maximum Gasteiger partial charge on any atom is 0.140 e. The van der Waals surface area contributed by atoms with E-state index in [0.29, 0.717) is 6.54 Å². The van der Waals surface area contributed by atoms with Crippen LogP contribution < -0.4 is 5.73 Å². The largest absolute Gasteiger partial charge is 0.385 e. The number of methoxy groups -OCH3 is 1. The predicted octanol–water partition coefficient (Wildman–Crippen LogP) is 0.163. The minimum atomic E-state index is 0.449. The van der Waals surface area contributed by atoms with Gasteiger partial charge in [-0.05, 0) is 12.8 Å². The number of nitrogens with two attached hydrogens (primary N) is 1. The number of aryl methyl sites for hydroxylation is 1. The number of rotatable bonds is 6. The maximum absolute atomic E-state index is 5.48. The molecular weight excluding hydrogens is 168 g/mol. The second-order valence-corrected chi connectivity index (χ2v) is 2.80. The van der Waals surface area contributed by atoms with Gasteiger partial charge in [0.2, 0.25) is 0 Å². The molecule has 0 amide bonds. The van der Waals surface area contributed by atoms with Crippen LogP contribution in [0.1, 0.15) is 18.7 Å². The minimum absolute atomic E-state index is 0.449. The van der Waals surface area contributed by atoms with Crippen LogP contribution in [0.3, 0.4) is 0 Å². The van der Waals surface area contributed by atoms with Gasteiger partial charge in [0.1, 0.15) is 12.2 Å². The summed E-state index contributed by atoms with van der Waals surface area (Å²) < 4.78 is 6.79. The van der Waals surface area contributed by atoms with E-state index in [2.05, 4.69) is 10.1 Å². The molecule has 0 atom stereocenters. The third-order valence-electron chi connectivity index (χ3n) is 1.85. The lowest BCUT2D eigenvalue weighted by molar-refractivity contribution is 0.190. The van der Waals surface area contributed by atoms with Crippen molar-refractivity contribution in [1.29, 1.82) is 0 Å². The molecule has 5 heteroatoms. The zero-order valence-corrected chi connectivity index (χ0v) is 7.94. The Morgan fingerprint density at radius 1 is 1.54 bits per heavy atom. The summed E-state index contributed by atoms with van der Waals surface area (Å²) in [6, 6.07) is 0. The van der Waals surface area contributed by atoms with Crippen LogP contribution in [0.25, 0.3) is 0 Å². The lowest BCUT2D eigenvalue weighted by Gasteiger charge is -2.03. The second-order valence-electron chi connectivity index (χ2n) is 2.80. The monoisotopic (exact) mass is 184 g/mol. The van der Waals surface area contributed by atoms with Crippen molar-refractivity contribution in [2.45, 2.75) is 25.9 Å². The van der Waals surface area contributed by atoms with Gasteiger partial charge in [0.05, 0.1) is 6.54 Å². The SMILES string of the molecule is COCCCCn1ncnc1CN. The zero-order valence-electron chi connectivity index (χ0n) is 7.94. The number of nitrogens with zero attached hydrogens (tertiary/aromatic N) is 3. The van der Waals surface area contributed by atoms with Crippen molar-refractivity contribution in [3.05, 3.63) is 12.2 Å². The highest BCUT2D eigenvalue weighted by Gasteiger charge is 2.00. The molecule has 0 unspecified atom stereocenters. The first kappa shape index (κ1) is 10.1. The van der Waals surface area contributed by atoms with Gasteiger partial charge >= 0.3 is 0 Å². The molecule has 13 heavy (non-hydrogen) atoms. The number of ether oxygens (including phenoxy) is 1. The molecule has 1 aromatic rings. The Morgan fingerprint density at radius 2 is 2.38 bits per heavy atom. The summed E-state index contributed by atoms with van der Waals surface area (Å²) in [5.41, 5.74) is 5.48. The average Bonchev–Trinajstić information content (AvgIpc) is 2.60. The van der Waals surface area contributed by atoms with Gasteiger partial charge in [-0.15, -0.1) is 0 Å². The first-order valence-corrected chi connectivity index (χ1v) is 4.44. The van der Waals surface area contributed by atoms with Gasteiger partial charge in [0.15, 0.2) is 0 Å². The molecule has 0 aromatic carbocycles. The highest BCUT2D eigenvalue weighted by Crippen LogP contribution is 1.97. The Bertz CT molecular complexity index is 236. The molecule has 5 nitrogen and oxygen atoms in total. The van der Waals surface area contributed by atoms with Gasteiger partial charge in [-0.3, -0.25) is 0 Å². The maximum atomic E-state index is 5.48. The van der Waals surface area contributed by atoms with Crippen molar-refractivity contribution in [2.75, 3.05) is 13.7 Å². The quantitative estimate of drug-likeness (QED) is 0.640. The molecule has 2 N–H and O–H groups in total. The molecule has 1 aromatic heterocycles. The topological polar surface area (TPSA) is 66.0 Å². The molecule has 0 aliphatic heterocycles. The molecular formula is C8H16N4O.